The van der Waals surface area contributed by atoms with Gasteiger partial charge >= 0.3 is 5.97 Å². The molecule has 1 aromatic rings. The van der Waals surface area contributed by atoms with Crippen LogP contribution in [0.4, 0.5) is 0 Å². The first kappa shape index (κ1) is 20.4. The van der Waals surface area contributed by atoms with Crippen molar-refractivity contribution in [2.24, 2.45) is 5.92 Å². The fourth-order valence-electron chi connectivity index (χ4n) is 3.11. The van der Waals surface area contributed by atoms with E-state index in [0.717, 1.165) is 19.1 Å². The first-order valence-corrected chi connectivity index (χ1v) is 10.9. The fourth-order valence-corrected chi connectivity index (χ4v) is 3.76. The van der Waals surface area contributed by atoms with Gasteiger partial charge < -0.3 is 10.1 Å². The zero-order valence-corrected chi connectivity index (χ0v) is 16.4. The summed E-state index contributed by atoms with van der Waals surface area (Å²) < 4.78 is 28.6. The quantitative estimate of drug-likeness (QED) is 0.765. The van der Waals surface area contributed by atoms with Gasteiger partial charge in [0.15, 0.2) is 15.9 Å². The number of hydrogen-bond donors (Lipinski definition) is 1. The maximum absolute atomic E-state index is 12.4. The monoisotopic (exact) mass is 381 g/mol. The van der Waals surface area contributed by atoms with Gasteiger partial charge in [-0.25, -0.2) is 13.2 Å². The first-order chi connectivity index (χ1) is 12.2. The lowest BCUT2D eigenvalue weighted by atomic mass is 9.89. The Morgan fingerprint density at radius 1 is 1.23 bits per heavy atom. The van der Waals surface area contributed by atoms with E-state index in [-0.39, 0.29) is 16.4 Å². The Morgan fingerprint density at radius 3 is 2.50 bits per heavy atom. The summed E-state index contributed by atoms with van der Waals surface area (Å²) in [6.07, 6.45) is 6.02. The van der Waals surface area contributed by atoms with Crippen molar-refractivity contribution in [2.45, 2.75) is 57.0 Å². The van der Waals surface area contributed by atoms with E-state index in [1.165, 1.54) is 38.3 Å². The number of sulfone groups is 1. The molecule has 1 atom stereocenters. The van der Waals surface area contributed by atoms with Crippen LogP contribution in [-0.4, -0.2) is 39.2 Å². The van der Waals surface area contributed by atoms with Crippen molar-refractivity contribution in [1.29, 1.82) is 0 Å². The molecule has 0 unspecified atom stereocenters. The molecule has 0 heterocycles. The highest BCUT2D eigenvalue weighted by Gasteiger charge is 2.22. The number of nitrogens with one attached hydrogen (secondary N) is 1. The van der Waals surface area contributed by atoms with Crippen molar-refractivity contribution in [3.05, 3.63) is 29.3 Å². The molecule has 26 heavy (non-hydrogen) atoms. The van der Waals surface area contributed by atoms with E-state index in [1.54, 1.807) is 13.0 Å². The molecule has 1 aliphatic rings. The Kier molecular flexibility index (Phi) is 6.81. The van der Waals surface area contributed by atoms with Crippen molar-refractivity contribution in [1.82, 2.24) is 5.32 Å². The zero-order chi connectivity index (χ0) is 19.3. The van der Waals surface area contributed by atoms with E-state index >= 15 is 0 Å². The summed E-state index contributed by atoms with van der Waals surface area (Å²) >= 11 is 0. The average molecular weight is 381 g/mol. The van der Waals surface area contributed by atoms with Gasteiger partial charge in [-0.05, 0) is 50.3 Å². The second kappa shape index (κ2) is 8.66. The molecule has 1 saturated carbocycles. The minimum Gasteiger partial charge on any atom is -0.449 e. The van der Waals surface area contributed by atoms with Gasteiger partial charge in [-0.3, -0.25) is 4.79 Å². The van der Waals surface area contributed by atoms with Crippen LogP contribution in [0.5, 0.6) is 0 Å². The number of amides is 1. The largest absolute Gasteiger partial charge is 0.449 e. The van der Waals surface area contributed by atoms with Crippen molar-refractivity contribution in [3.63, 3.8) is 0 Å². The molecule has 6 nitrogen and oxygen atoms in total. The van der Waals surface area contributed by atoms with E-state index in [4.69, 9.17) is 4.74 Å². The van der Waals surface area contributed by atoms with Crippen molar-refractivity contribution in [2.75, 3.05) is 12.8 Å². The molecule has 0 radical (unpaired) electrons. The first-order valence-electron chi connectivity index (χ1n) is 8.98. The van der Waals surface area contributed by atoms with Crippen LogP contribution in [0.1, 0.15) is 54.9 Å². The highest BCUT2D eigenvalue weighted by atomic mass is 32.2. The predicted octanol–water partition coefficient (Wildman–Crippen LogP) is 2.64. The second-order valence-electron chi connectivity index (χ2n) is 7.05. The summed E-state index contributed by atoms with van der Waals surface area (Å²) in [4.78, 5) is 24.6. The summed E-state index contributed by atoms with van der Waals surface area (Å²) in [5.74, 6) is -0.543. The molecule has 1 aromatic carbocycles. The van der Waals surface area contributed by atoms with Crippen LogP contribution in [-0.2, 0) is 19.4 Å². The summed E-state index contributed by atoms with van der Waals surface area (Å²) in [6.45, 7) is 3.81. The molecule has 2 rings (SSSR count). The lowest BCUT2D eigenvalue weighted by Gasteiger charge is -2.22. The summed E-state index contributed by atoms with van der Waals surface area (Å²) in [7, 11) is -3.43. The third kappa shape index (κ3) is 5.56. The predicted molar refractivity (Wildman–Crippen MR) is 98.8 cm³/mol. The number of carbonyl (C=O) groups excluding carboxylic acids is 2. The van der Waals surface area contributed by atoms with Gasteiger partial charge in [-0.15, -0.1) is 0 Å². The molecule has 1 N–H and O–H groups in total. The van der Waals surface area contributed by atoms with Gasteiger partial charge in [0.1, 0.15) is 0 Å². The Hall–Kier alpha value is -1.89. The Bertz CT molecular complexity index is 766. The summed E-state index contributed by atoms with van der Waals surface area (Å²) in [5, 5.41) is 2.85. The maximum Gasteiger partial charge on any atom is 0.339 e. The number of esters is 1. The topological polar surface area (TPSA) is 89.5 Å². The van der Waals surface area contributed by atoms with Crippen LogP contribution in [0.25, 0.3) is 0 Å². The molecular weight excluding hydrogens is 354 g/mol. The molecule has 0 saturated heterocycles. The van der Waals surface area contributed by atoms with Crippen LogP contribution in [0.15, 0.2) is 23.1 Å². The molecule has 1 aliphatic carbocycles. The summed E-state index contributed by atoms with van der Waals surface area (Å²) in [6, 6.07) is 4.29. The molecule has 1 amide bonds. The standard InChI is InChI=1S/C19H27NO5S/c1-13-9-10-16(26(3,23)24)11-17(13)19(22)25-14(2)18(21)20-12-15-7-5-4-6-8-15/h9-11,14-15H,4-8,12H2,1-3H3,(H,20,21)/t14-/m1/s1. The molecule has 0 aromatic heterocycles. The lowest BCUT2D eigenvalue weighted by molar-refractivity contribution is -0.129. The third-order valence-electron chi connectivity index (χ3n) is 4.80. The van der Waals surface area contributed by atoms with Crippen LogP contribution in [0, 0.1) is 12.8 Å². The smallest absolute Gasteiger partial charge is 0.339 e. The van der Waals surface area contributed by atoms with E-state index in [1.807, 2.05) is 0 Å². The molecule has 0 bridgehead atoms. The Balaban J connectivity index is 1.96. The lowest BCUT2D eigenvalue weighted by Crippen LogP contribution is -2.38. The molecule has 7 heteroatoms. The third-order valence-corrected chi connectivity index (χ3v) is 5.91. The number of benzene rings is 1. The highest BCUT2D eigenvalue weighted by molar-refractivity contribution is 7.90. The number of hydrogen-bond acceptors (Lipinski definition) is 5. The van der Waals surface area contributed by atoms with Crippen LogP contribution in [0.3, 0.4) is 0 Å². The van der Waals surface area contributed by atoms with Gasteiger partial charge in [-0.1, -0.05) is 25.3 Å². The van der Waals surface area contributed by atoms with Gasteiger partial charge in [0, 0.05) is 12.8 Å². The zero-order valence-electron chi connectivity index (χ0n) is 15.6. The Morgan fingerprint density at radius 2 is 1.88 bits per heavy atom. The van der Waals surface area contributed by atoms with Crippen molar-refractivity contribution < 1.29 is 22.7 Å². The molecule has 0 aliphatic heterocycles. The SMILES string of the molecule is Cc1ccc(S(C)(=O)=O)cc1C(=O)O[C@H](C)C(=O)NCC1CCCCC1. The van der Waals surface area contributed by atoms with Crippen LogP contribution < -0.4 is 5.32 Å². The van der Waals surface area contributed by atoms with Crippen LogP contribution in [0.2, 0.25) is 0 Å². The van der Waals surface area contributed by atoms with E-state index in [9.17, 15) is 18.0 Å². The average Bonchev–Trinajstić information content (AvgIpc) is 2.59. The minimum absolute atomic E-state index is 0.0458. The molecule has 1 fully saturated rings. The van der Waals surface area contributed by atoms with Crippen molar-refractivity contribution >= 4 is 21.7 Å². The highest BCUT2D eigenvalue weighted by Crippen LogP contribution is 2.23. The number of aryl methyl sites for hydroxylation is 1. The molecule has 0 spiro atoms. The number of carbonyl (C=O) groups is 2. The number of ether oxygens (including phenoxy) is 1. The van der Waals surface area contributed by atoms with Gasteiger partial charge in [0.2, 0.25) is 0 Å². The minimum atomic E-state index is -3.43. The molecule has 144 valence electrons. The van der Waals surface area contributed by atoms with Crippen molar-refractivity contribution in [3.8, 4) is 0 Å². The van der Waals surface area contributed by atoms with E-state index in [0.29, 0.717) is 18.0 Å². The summed E-state index contributed by atoms with van der Waals surface area (Å²) in [5.41, 5.74) is 0.747. The van der Waals surface area contributed by atoms with Gasteiger partial charge in [-0.2, -0.15) is 0 Å². The second-order valence-corrected chi connectivity index (χ2v) is 9.06. The number of rotatable bonds is 6. The van der Waals surface area contributed by atoms with Crippen LogP contribution >= 0.6 is 0 Å². The molecular formula is C19H27NO5S. The Labute approximate surface area is 155 Å². The maximum atomic E-state index is 12.4. The van der Waals surface area contributed by atoms with E-state index < -0.39 is 21.9 Å². The van der Waals surface area contributed by atoms with Gasteiger partial charge in [0.25, 0.3) is 5.91 Å². The van der Waals surface area contributed by atoms with Gasteiger partial charge in [0.05, 0.1) is 10.5 Å². The van der Waals surface area contributed by atoms with E-state index in [2.05, 4.69) is 5.32 Å². The fraction of sp³-hybridized carbons (Fsp3) is 0.579. The normalized spacial score (nSPS) is 16.7.